The van der Waals surface area contributed by atoms with E-state index in [0.29, 0.717) is 24.6 Å². The summed E-state index contributed by atoms with van der Waals surface area (Å²) in [6.45, 7) is 4.96. The van der Waals surface area contributed by atoms with Crippen LogP contribution in [0.25, 0.3) is 5.69 Å². The molecule has 8 heteroatoms. The summed E-state index contributed by atoms with van der Waals surface area (Å²) in [5, 5.41) is 7.97. The molecule has 0 saturated heterocycles. The Balaban J connectivity index is 1.78. The molecule has 2 aromatic rings. The lowest BCUT2D eigenvalue weighted by Gasteiger charge is -2.22. The number of nitrogens with zero attached hydrogens (tertiary/aromatic N) is 5. The predicted octanol–water partition coefficient (Wildman–Crippen LogP) is 3.48. The second-order valence-corrected chi connectivity index (χ2v) is 5.60. The van der Waals surface area contributed by atoms with Crippen molar-refractivity contribution >= 4 is 5.71 Å². The molecule has 0 spiro atoms. The van der Waals surface area contributed by atoms with Gasteiger partial charge in [0.2, 0.25) is 0 Å². The highest BCUT2D eigenvalue weighted by Gasteiger charge is 2.16. The molecule has 1 aliphatic rings. The lowest BCUT2D eigenvalue weighted by Crippen LogP contribution is -2.23. The van der Waals surface area contributed by atoms with Crippen LogP contribution in [0.5, 0.6) is 0 Å². The van der Waals surface area contributed by atoms with E-state index in [1.54, 1.807) is 6.20 Å². The number of hydrogen-bond donors (Lipinski definition) is 0. The van der Waals surface area contributed by atoms with Gasteiger partial charge in [-0.05, 0) is 37.6 Å². The van der Waals surface area contributed by atoms with Gasteiger partial charge in [0.1, 0.15) is 18.2 Å². The van der Waals surface area contributed by atoms with Gasteiger partial charge in [0.25, 0.3) is 6.43 Å². The smallest absolute Gasteiger partial charge is 0.266 e. The van der Waals surface area contributed by atoms with Crippen LogP contribution in [0.2, 0.25) is 0 Å². The lowest BCUT2D eigenvalue weighted by molar-refractivity contribution is 0.146. The second kappa shape index (κ2) is 6.46. The van der Waals surface area contributed by atoms with Gasteiger partial charge in [0, 0.05) is 11.9 Å². The maximum atomic E-state index is 13.4. The Kier molecular flexibility index (Phi) is 4.37. The molecule has 0 saturated carbocycles. The molecule has 1 aliphatic heterocycles. The summed E-state index contributed by atoms with van der Waals surface area (Å²) in [4.78, 5) is 6.37. The van der Waals surface area contributed by atoms with E-state index in [1.165, 1.54) is 10.7 Å². The SMILES string of the molecule is CC1=CN(Cc2cn(-c3ccc(F)c(C(F)F)c3)nn2)CN=C1C. The van der Waals surface area contributed by atoms with Gasteiger partial charge in [-0.2, -0.15) is 0 Å². The number of aliphatic imine (C=N–C) groups is 1. The van der Waals surface area contributed by atoms with Crippen molar-refractivity contribution < 1.29 is 13.2 Å². The number of aromatic nitrogens is 3. The Morgan fingerprint density at radius 3 is 2.75 bits per heavy atom. The van der Waals surface area contributed by atoms with Crippen molar-refractivity contribution in [2.24, 2.45) is 4.99 Å². The van der Waals surface area contributed by atoms with E-state index in [-0.39, 0.29) is 0 Å². The van der Waals surface area contributed by atoms with E-state index in [1.807, 2.05) is 24.9 Å². The molecular weight excluding hydrogens is 319 g/mol. The van der Waals surface area contributed by atoms with E-state index >= 15 is 0 Å². The molecule has 0 radical (unpaired) electrons. The summed E-state index contributed by atoms with van der Waals surface area (Å²) in [5.41, 5.74) is 2.43. The summed E-state index contributed by atoms with van der Waals surface area (Å²) in [5.74, 6) is -0.934. The largest absolute Gasteiger partial charge is 0.352 e. The molecule has 126 valence electrons. The Bertz CT molecular complexity index is 810. The number of rotatable bonds is 4. The van der Waals surface area contributed by atoms with Crippen LogP contribution in [-0.2, 0) is 6.54 Å². The van der Waals surface area contributed by atoms with Crippen LogP contribution in [0.4, 0.5) is 13.2 Å². The van der Waals surface area contributed by atoms with Crippen LogP contribution in [0, 0.1) is 5.82 Å². The molecule has 0 amide bonds. The molecule has 0 fully saturated rings. The normalized spacial score (nSPS) is 14.8. The van der Waals surface area contributed by atoms with Crippen molar-refractivity contribution in [3.8, 4) is 5.69 Å². The zero-order valence-corrected chi connectivity index (χ0v) is 13.2. The van der Waals surface area contributed by atoms with Crippen LogP contribution in [0.1, 0.15) is 31.5 Å². The monoisotopic (exact) mass is 335 g/mol. The molecule has 0 bridgehead atoms. The fourth-order valence-electron chi connectivity index (χ4n) is 2.37. The van der Waals surface area contributed by atoms with Crippen molar-refractivity contribution in [2.75, 3.05) is 6.67 Å². The number of alkyl halides is 2. The summed E-state index contributed by atoms with van der Waals surface area (Å²) >= 11 is 0. The maximum absolute atomic E-state index is 13.4. The molecular formula is C16H16F3N5. The van der Waals surface area contributed by atoms with E-state index in [2.05, 4.69) is 15.3 Å². The molecule has 0 atom stereocenters. The summed E-state index contributed by atoms with van der Waals surface area (Å²) in [6, 6.07) is 3.47. The molecule has 1 aromatic heterocycles. The van der Waals surface area contributed by atoms with Gasteiger partial charge in [-0.1, -0.05) is 5.21 Å². The Morgan fingerprint density at radius 2 is 2.04 bits per heavy atom. The molecule has 24 heavy (non-hydrogen) atoms. The van der Waals surface area contributed by atoms with Gasteiger partial charge in [0.05, 0.1) is 24.0 Å². The highest BCUT2D eigenvalue weighted by atomic mass is 19.3. The molecule has 5 nitrogen and oxygen atoms in total. The third kappa shape index (κ3) is 3.32. The average Bonchev–Trinajstić information content (AvgIpc) is 2.99. The average molecular weight is 335 g/mol. The molecule has 2 heterocycles. The number of halogens is 3. The minimum atomic E-state index is -2.88. The zero-order valence-electron chi connectivity index (χ0n) is 13.2. The minimum Gasteiger partial charge on any atom is -0.352 e. The van der Waals surface area contributed by atoms with Crippen molar-refractivity contribution in [3.63, 3.8) is 0 Å². The van der Waals surface area contributed by atoms with Gasteiger partial charge in [-0.25, -0.2) is 17.9 Å². The lowest BCUT2D eigenvalue weighted by atomic mass is 10.2. The number of hydrogen-bond acceptors (Lipinski definition) is 4. The number of allylic oxidation sites excluding steroid dienone is 1. The summed E-state index contributed by atoms with van der Waals surface area (Å²) < 4.78 is 40.3. The Morgan fingerprint density at radius 1 is 1.25 bits per heavy atom. The van der Waals surface area contributed by atoms with Crippen LogP contribution >= 0.6 is 0 Å². The van der Waals surface area contributed by atoms with Gasteiger partial charge in [0.15, 0.2) is 0 Å². The van der Waals surface area contributed by atoms with Gasteiger partial charge < -0.3 is 4.90 Å². The summed E-state index contributed by atoms with van der Waals surface area (Å²) in [7, 11) is 0. The van der Waals surface area contributed by atoms with Gasteiger partial charge in [-0.3, -0.25) is 4.99 Å². The maximum Gasteiger partial charge on any atom is 0.266 e. The molecule has 3 rings (SSSR count). The number of benzene rings is 1. The van der Waals surface area contributed by atoms with Crippen molar-refractivity contribution in [3.05, 3.63) is 53.2 Å². The first-order valence-corrected chi connectivity index (χ1v) is 7.37. The van der Waals surface area contributed by atoms with E-state index < -0.39 is 17.8 Å². The minimum absolute atomic E-state index is 0.338. The third-order valence-electron chi connectivity index (χ3n) is 3.82. The molecule has 0 aliphatic carbocycles. The molecule has 0 N–H and O–H groups in total. The van der Waals surface area contributed by atoms with Crippen molar-refractivity contribution in [1.82, 2.24) is 19.9 Å². The quantitative estimate of drug-likeness (QED) is 0.859. The van der Waals surface area contributed by atoms with E-state index in [0.717, 1.165) is 23.4 Å². The third-order valence-corrected chi connectivity index (χ3v) is 3.82. The highest BCUT2D eigenvalue weighted by Crippen LogP contribution is 2.24. The molecule has 1 aromatic carbocycles. The van der Waals surface area contributed by atoms with Gasteiger partial charge in [-0.15, -0.1) is 5.10 Å². The Labute approximate surface area is 137 Å². The summed E-state index contributed by atoms with van der Waals surface area (Å²) in [6.07, 6.45) is 0.751. The highest BCUT2D eigenvalue weighted by molar-refractivity contribution is 5.97. The van der Waals surface area contributed by atoms with Gasteiger partial charge >= 0.3 is 0 Å². The van der Waals surface area contributed by atoms with E-state index in [4.69, 9.17) is 0 Å². The van der Waals surface area contributed by atoms with Crippen molar-refractivity contribution in [1.29, 1.82) is 0 Å². The first-order valence-electron chi connectivity index (χ1n) is 7.37. The van der Waals surface area contributed by atoms with Crippen LogP contribution in [0.3, 0.4) is 0 Å². The van der Waals surface area contributed by atoms with E-state index in [9.17, 15) is 13.2 Å². The molecule has 0 unspecified atom stereocenters. The fourth-order valence-corrected chi connectivity index (χ4v) is 2.37. The van der Waals surface area contributed by atoms with Crippen LogP contribution in [-0.4, -0.2) is 32.3 Å². The standard InChI is InChI=1S/C16H16F3N5/c1-10-6-23(9-20-11(10)2)7-12-8-24(22-21-12)13-3-4-15(17)14(5-13)16(18)19/h3-6,8,16H,7,9H2,1-2H3. The van der Waals surface area contributed by atoms with Crippen LogP contribution in [0.15, 0.2) is 41.2 Å². The zero-order chi connectivity index (χ0) is 17.3. The van der Waals surface area contributed by atoms with Crippen molar-refractivity contribution in [2.45, 2.75) is 26.8 Å². The second-order valence-electron chi connectivity index (χ2n) is 5.60. The van der Waals surface area contributed by atoms with Crippen LogP contribution < -0.4 is 0 Å². The first-order chi connectivity index (χ1) is 11.4. The predicted molar refractivity (Wildman–Crippen MR) is 83.6 cm³/mol. The topological polar surface area (TPSA) is 46.3 Å². The fraction of sp³-hybridized carbons (Fsp3) is 0.312. The Hall–Kier alpha value is -2.64. The first kappa shape index (κ1) is 16.2.